The highest BCUT2D eigenvalue weighted by Crippen LogP contribution is 2.37. The average Bonchev–Trinajstić information content (AvgIpc) is 2.37. The lowest BCUT2D eigenvalue weighted by molar-refractivity contribution is 0.479. The maximum absolute atomic E-state index is 13.5. The van der Waals surface area contributed by atoms with Crippen molar-refractivity contribution in [1.82, 2.24) is 0 Å². The zero-order valence-corrected chi connectivity index (χ0v) is 8.75. The SMILES string of the molecule is Fc1cc(F)c2c(c1F)C(Cl)CCCC2. The number of rotatable bonds is 0. The third-order valence-corrected chi connectivity index (χ3v) is 3.20. The Morgan fingerprint density at radius 3 is 2.60 bits per heavy atom. The van der Waals surface area contributed by atoms with Gasteiger partial charge in [0.2, 0.25) is 0 Å². The maximum Gasteiger partial charge on any atom is 0.163 e. The largest absolute Gasteiger partial charge is 0.207 e. The molecule has 1 unspecified atom stereocenters. The molecule has 0 saturated heterocycles. The number of halogens is 4. The van der Waals surface area contributed by atoms with Crippen LogP contribution in [0.3, 0.4) is 0 Å². The molecule has 1 aromatic rings. The molecule has 1 aliphatic rings. The summed E-state index contributed by atoms with van der Waals surface area (Å²) in [6.07, 6.45) is 2.57. The average molecular weight is 235 g/mol. The van der Waals surface area contributed by atoms with Gasteiger partial charge in [-0.2, -0.15) is 0 Å². The molecule has 0 aromatic heterocycles. The Bertz CT molecular complexity index is 390. The number of hydrogen-bond acceptors (Lipinski definition) is 0. The summed E-state index contributed by atoms with van der Waals surface area (Å²) in [5.74, 6) is -2.83. The van der Waals surface area contributed by atoms with Crippen LogP contribution in [-0.2, 0) is 6.42 Å². The molecular weight excluding hydrogens is 225 g/mol. The van der Waals surface area contributed by atoms with Crippen molar-refractivity contribution in [2.75, 3.05) is 0 Å². The fourth-order valence-electron chi connectivity index (χ4n) is 2.00. The highest BCUT2D eigenvalue weighted by molar-refractivity contribution is 6.20. The summed E-state index contributed by atoms with van der Waals surface area (Å²) in [5.41, 5.74) is 0.262. The molecule has 82 valence electrons. The van der Waals surface area contributed by atoms with Crippen LogP contribution in [0.5, 0.6) is 0 Å². The van der Waals surface area contributed by atoms with Gasteiger partial charge in [-0.15, -0.1) is 11.6 Å². The van der Waals surface area contributed by atoms with Crippen molar-refractivity contribution >= 4 is 11.6 Å². The fourth-order valence-corrected chi connectivity index (χ4v) is 2.38. The Hall–Kier alpha value is -0.700. The molecule has 0 N–H and O–H groups in total. The summed E-state index contributed by atoms with van der Waals surface area (Å²) in [6.45, 7) is 0. The Morgan fingerprint density at radius 2 is 1.87 bits per heavy atom. The molecule has 2 rings (SSSR count). The summed E-state index contributed by atoms with van der Waals surface area (Å²) in [7, 11) is 0. The van der Waals surface area contributed by atoms with Gasteiger partial charge >= 0.3 is 0 Å². The van der Waals surface area contributed by atoms with Crippen molar-refractivity contribution in [3.63, 3.8) is 0 Å². The lowest BCUT2D eigenvalue weighted by Gasteiger charge is -2.13. The first-order valence-corrected chi connectivity index (χ1v) is 5.35. The summed E-state index contributed by atoms with van der Waals surface area (Å²) < 4.78 is 39.9. The first-order chi connectivity index (χ1) is 7.11. The van der Waals surface area contributed by atoms with Crippen molar-refractivity contribution in [3.8, 4) is 0 Å². The van der Waals surface area contributed by atoms with E-state index >= 15 is 0 Å². The molecule has 0 saturated carbocycles. The molecule has 1 atom stereocenters. The van der Waals surface area contributed by atoms with Crippen LogP contribution < -0.4 is 0 Å². The minimum atomic E-state index is -1.15. The van der Waals surface area contributed by atoms with Gasteiger partial charge in [-0.1, -0.05) is 6.42 Å². The third-order valence-electron chi connectivity index (χ3n) is 2.76. The Morgan fingerprint density at radius 1 is 1.13 bits per heavy atom. The monoisotopic (exact) mass is 234 g/mol. The number of benzene rings is 1. The van der Waals surface area contributed by atoms with Gasteiger partial charge in [0.1, 0.15) is 5.82 Å². The molecule has 0 fully saturated rings. The predicted molar refractivity (Wildman–Crippen MR) is 52.5 cm³/mol. The molecule has 0 spiro atoms. The second-order valence-electron chi connectivity index (χ2n) is 3.76. The van der Waals surface area contributed by atoms with Gasteiger partial charge < -0.3 is 0 Å². The van der Waals surface area contributed by atoms with Gasteiger partial charge in [-0.05, 0) is 24.8 Å². The lowest BCUT2D eigenvalue weighted by atomic mass is 10.0. The molecule has 0 heterocycles. The van der Waals surface area contributed by atoms with Gasteiger partial charge in [0.25, 0.3) is 0 Å². The topological polar surface area (TPSA) is 0 Å². The van der Waals surface area contributed by atoms with Crippen LogP contribution in [0.15, 0.2) is 6.07 Å². The Labute approximate surface area is 91.1 Å². The Balaban J connectivity index is 2.63. The first kappa shape index (κ1) is 10.8. The van der Waals surface area contributed by atoms with E-state index in [1.54, 1.807) is 0 Å². The highest BCUT2D eigenvalue weighted by atomic mass is 35.5. The Kier molecular flexibility index (Phi) is 2.91. The number of hydrogen-bond donors (Lipinski definition) is 0. The highest BCUT2D eigenvalue weighted by Gasteiger charge is 2.25. The summed E-state index contributed by atoms with van der Waals surface area (Å²) in [4.78, 5) is 0. The maximum atomic E-state index is 13.5. The molecule has 1 aromatic carbocycles. The predicted octanol–water partition coefficient (Wildman–Crippen LogP) is 4.11. The van der Waals surface area contributed by atoms with Gasteiger partial charge in [-0.3, -0.25) is 0 Å². The molecule has 1 aliphatic carbocycles. The zero-order valence-electron chi connectivity index (χ0n) is 7.99. The van der Waals surface area contributed by atoms with E-state index in [4.69, 9.17) is 11.6 Å². The van der Waals surface area contributed by atoms with Crippen molar-refractivity contribution in [1.29, 1.82) is 0 Å². The van der Waals surface area contributed by atoms with E-state index < -0.39 is 22.8 Å². The van der Waals surface area contributed by atoms with E-state index in [-0.39, 0.29) is 11.1 Å². The smallest absolute Gasteiger partial charge is 0.163 e. The second-order valence-corrected chi connectivity index (χ2v) is 4.29. The van der Waals surface area contributed by atoms with Gasteiger partial charge in [0.15, 0.2) is 11.6 Å². The zero-order chi connectivity index (χ0) is 11.0. The number of alkyl halides is 1. The van der Waals surface area contributed by atoms with Gasteiger partial charge in [-0.25, -0.2) is 13.2 Å². The first-order valence-electron chi connectivity index (χ1n) is 4.91. The van der Waals surface area contributed by atoms with Gasteiger partial charge in [0, 0.05) is 11.6 Å². The standard InChI is InChI=1S/C11H10ClF3/c12-7-4-2-1-3-6-8(13)5-9(14)11(15)10(6)7/h5,7H,1-4H2. The van der Waals surface area contributed by atoms with Gasteiger partial charge in [0.05, 0.1) is 5.38 Å². The third kappa shape index (κ3) is 1.85. The van der Waals surface area contributed by atoms with Crippen LogP contribution in [0.4, 0.5) is 13.2 Å². The summed E-state index contributed by atoms with van der Waals surface area (Å²) in [6, 6.07) is 0.600. The normalized spacial score (nSPS) is 20.9. The van der Waals surface area contributed by atoms with Crippen LogP contribution in [-0.4, -0.2) is 0 Å². The quantitative estimate of drug-likeness (QED) is 0.360. The molecule has 4 heteroatoms. The summed E-state index contributed by atoms with van der Waals surface area (Å²) >= 11 is 5.93. The molecule has 0 amide bonds. The molecule has 0 radical (unpaired) electrons. The van der Waals surface area contributed by atoms with Crippen molar-refractivity contribution in [2.24, 2.45) is 0 Å². The van der Waals surface area contributed by atoms with E-state index in [9.17, 15) is 13.2 Å². The molecule has 0 nitrogen and oxygen atoms in total. The van der Waals surface area contributed by atoms with Crippen LogP contribution >= 0.6 is 11.6 Å². The van der Waals surface area contributed by atoms with Crippen LogP contribution in [0.25, 0.3) is 0 Å². The van der Waals surface area contributed by atoms with Crippen LogP contribution in [0.1, 0.15) is 35.8 Å². The number of fused-ring (bicyclic) bond motifs is 1. The molecular formula is C11H10ClF3. The van der Waals surface area contributed by atoms with E-state index in [2.05, 4.69) is 0 Å². The molecule has 0 aliphatic heterocycles. The van der Waals surface area contributed by atoms with E-state index in [0.29, 0.717) is 18.9 Å². The van der Waals surface area contributed by atoms with Crippen molar-refractivity contribution in [2.45, 2.75) is 31.1 Å². The minimum absolute atomic E-state index is 0.0201. The van der Waals surface area contributed by atoms with E-state index in [1.807, 2.05) is 0 Å². The molecule has 0 bridgehead atoms. The lowest BCUT2D eigenvalue weighted by Crippen LogP contribution is -2.04. The summed E-state index contributed by atoms with van der Waals surface area (Å²) in [5, 5.41) is -0.618. The fraction of sp³-hybridized carbons (Fsp3) is 0.455. The van der Waals surface area contributed by atoms with E-state index in [1.165, 1.54) is 0 Å². The van der Waals surface area contributed by atoms with E-state index in [0.717, 1.165) is 12.8 Å². The van der Waals surface area contributed by atoms with Crippen LogP contribution in [0.2, 0.25) is 0 Å². The minimum Gasteiger partial charge on any atom is -0.207 e. The molecule has 15 heavy (non-hydrogen) atoms. The van der Waals surface area contributed by atoms with Crippen molar-refractivity contribution < 1.29 is 13.2 Å². The van der Waals surface area contributed by atoms with Crippen LogP contribution in [0, 0.1) is 17.5 Å². The van der Waals surface area contributed by atoms with Crippen molar-refractivity contribution in [3.05, 3.63) is 34.6 Å². The second kappa shape index (κ2) is 4.05.